The number of benzene rings is 2. The molecule has 2 amide bonds. The molecule has 1 aliphatic rings. The first-order valence-corrected chi connectivity index (χ1v) is 7.90. The summed E-state index contributed by atoms with van der Waals surface area (Å²) in [6.07, 6.45) is 0.473. The van der Waals surface area contributed by atoms with Crippen LogP contribution >= 0.6 is 0 Å². The topological polar surface area (TPSA) is 69.6 Å². The van der Waals surface area contributed by atoms with Crippen molar-refractivity contribution in [3.63, 3.8) is 0 Å². The summed E-state index contributed by atoms with van der Waals surface area (Å²) in [5.74, 6) is -0.330. The molecule has 0 saturated heterocycles. The number of anilines is 2. The number of para-hydroxylation sites is 1. The number of carbonyl (C=O) groups is 2. The third-order valence-corrected chi connectivity index (χ3v) is 4.27. The van der Waals surface area contributed by atoms with Crippen molar-refractivity contribution >= 4 is 23.2 Å². The fourth-order valence-corrected chi connectivity index (χ4v) is 3.05. The van der Waals surface area contributed by atoms with Crippen LogP contribution in [-0.4, -0.2) is 23.5 Å². The quantitative estimate of drug-likeness (QED) is 0.892. The van der Waals surface area contributed by atoms with Gasteiger partial charge in [0.25, 0.3) is 5.91 Å². The van der Waals surface area contributed by atoms with Crippen LogP contribution in [0.5, 0.6) is 0 Å². The lowest BCUT2D eigenvalue weighted by atomic mass is 9.87. The largest absolute Gasteiger partial charge is 0.385 e. The Morgan fingerprint density at radius 1 is 1.17 bits per heavy atom. The van der Waals surface area contributed by atoms with Crippen LogP contribution in [0.25, 0.3) is 0 Å². The Balaban J connectivity index is 1.95. The molecule has 0 aromatic heterocycles. The lowest BCUT2D eigenvalue weighted by Gasteiger charge is -2.38. The monoisotopic (exact) mass is 324 g/mol. The maximum atomic E-state index is 12.9. The molecule has 1 heterocycles. The van der Waals surface area contributed by atoms with Crippen molar-refractivity contribution in [1.29, 1.82) is 0 Å². The zero-order valence-corrected chi connectivity index (χ0v) is 13.7. The van der Waals surface area contributed by atoms with E-state index in [0.717, 1.165) is 11.3 Å². The summed E-state index contributed by atoms with van der Waals surface area (Å²) in [4.78, 5) is 25.8. The summed E-state index contributed by atoms with van der Waals surface area (Å²) >= 11 is 0. The second-order valence-corrected chi connectivity index (χ2v) is 6.26. The molecule has 2 aromatic rings. The van der Waals surface area contributed by atoms with Gasteiger partial charge in [-0.15, -0.1) is 0 Å². The molecule has 2 aromatic carbocycles. The maximum absolute atomic E-state index is 12.9. The molecule has 0 spiro atoms. The molecular formula is C19H20N2O3. The first kappa shape index (κ1) is 16.2. The van der Waals surface area contributed by atoms with Crippen LogP contribution < -0.4 is 10.2 Å². The fraction of sp³-hybridized carbons (Fsp3) is 0.263. The highest BCUT2D eigenvalue weighted by molar-refractivity contribution is 6.07. The molecule has 1 aliphatic heterocycles. The fourth-order valence-electron chi connectivity index (χ4n) is 3.05. The SMILES string of the molecule is CC(=O)Nc1cccc(C(=O)N2CCC(C)(O)c3ccccc32)c1. The summed E-state index contributed by atoms with van der Waals surface area (Å²) < 4.78 is 0. The van der Waals surface area contributed by atoms with Crippen LogP contribution in [0.2, 0.25) is 0 Å². The molecular weight excluding hydrogens is 304 g/mol. The third-order valence-electron chi connectivity index (χ3n) is 4.27. The summed E-state index contributed by atoms with van der Waals surface area (Å²) in [6.45, 7) is 3.63. The molecule has 5 heteroatoms. The van der Waals surface area contributed by atoms with Gasteiger partial charge >= 0.3 is 0 Å². The van der Waals surface area contributed by atoms with Gasteiger partial charge in [-0.2, -0.15) is 0 Å². The summed E-state index contributed by atoms with van der Waals surface area (Å²) in [5.41, 5.74) is 1.63. The van der Waals surface area contributed by atoms with E-state index in [9.17, 15) is 14.7 Å². The minimum Gasteiger partial charge on any atom is -0.385 e. The van der Waals surface area contributed by atoms with Gasteiger partial charge in [0.2, 0.25) is 5.91 Å². The first-order valence-electron chi connectivity index (χ1n) is 7.90. The zero-order chi connectivity index (χ0) is 17.3. The van der Waals surface area contributed by atoms with Crippen LogP contribution in [0.15, 0.2) is 48.5 Å². The van der Waals surface area contributed by atoms with E-state index >= 15 is 0 Å². The zero-order valence-electron chi connectivity index (χ0n) is 13.7. The van der Waals surface area contributed by atoms with Crippen molar-refractivity contribution in [3.05, 3.63) is 59.7 Å². The van der Waals surface area contributed by atoms with Gasteiger partial charge in [0.1, 0.15) is 0 Å². The molecule has 0 fully saturated rings. The molecule has 124 valence electrons. The van der Waals surface area contributed by atoms with Crippen LogP contribution in [0, 0.1) is 0 Å². The Morgan fingerprint density at radius 3 is 2.67 bits per heavy atom. The van der Waals surface area contributed by atoms with Crippen molar-refractivity contribution in [2.75, 3.05) is 16.8 Å². The molecule has 1 atom stereocenters. The van der Waals surface area contributed by atoms with Crippen LogP contribution in [0.1, 0.15) is 36.2 Å². The highest BCUT2D eigenvalue weighted by atomic mass is 16.3. The third kappa shape index (κ3) is 3.03. The second-order valence-electron chi connectivity index (χ2n) is 6.26. The minimum absolute atomic E-state index is 0.148. The average molecular weight is 324 g/mol. The molecule has 3 rings (SSSR count). The van der Waals surface area contributed by atoms with Gasteiger partial charge in [-0.1, -0.05) is 24.3 Å². The number of amides is 2. The average Bonchev–Trinajstić information content (AvgIpc) is 2.54. The van der Waals surface area contributed by atoms with E-state index in [2.05, 4.69) is 5.32 Å². The van der Waals surface area contributed by atoms with Gasteiger partial charge in [-0.25, -0.2) is 0 Å². The van der Waals surface area contributed by atoms with Crippen LogP contribution in [-0.2, 0) is 10.4 Å². The highest BCUT2D eigenvalue weighted by Crippen LogP contribution is 2.38. The molecule has 2 N–H and O–H groups in total. The Morgan fingerprint density at radius 2 is 1.92 bits per heavy atom. The molecule has 24 heavy (non-hydrogen) atoms. The Hall–Kier alpha value is -2.66. The molecule has 0 bridgehead atoms. The Labute approximate surface area is 140 Å². The van der Waals surface area contributed by atoms with E-state index in [1.165, 1.54) is 6.92 Å². The number of aliphatic hydroxyl groups is 1. The van der Waals surface area contributed by atoms with Crippen LogP contribution in [0.3, 0.4) is 0 Å². The molecule has 0 radical (unpaired) electrons. The number of hydrogen-bond donors (Lipinski definition) is 2. The Kier molecular flexibility index (Phi) is 4.11. The van der Waals surface area contributed by atoms with E-state index < -0.39 is 5.60 Å². The smallest absolute Gasteiger partial charge is 0.258 e. The number of fused-ring (bicyclic) bond motifs is 1. The number of hydrogen-bond acceptors (Lipinski definition) is 3. The number of rotatable bonds is 2. The first-order chi connectivity index (χ1) is 11.4. The van der Waals surface area contributed by atoms with E-state index in [-0.39, 0.29) is 11.8 Å². The Bertz CT molecular complexity index is 799. The highest BCUT2D eigenvalue weighted by Gasteiger charge is 2.35. The predicted molar refractivity (Wildman–Crippen MR) is 93.1 cm³/mol. The van der Waals surface area contributed by atoms with Gasteiger partial charge in [0.15, 0.2) is 0 Å². The maximum Gasteiger partial charge on any atom is 0.258 e. The minimum atomic E-state index is -0.939. The van der Waals surface area contributed by atoms with E-state index in [4.69, 9.17) is 0 Å². The van der Waals surface area contributed by atoms with Crippen molar-refractivity contribution < 1.29 is 14.7 Å². The van der Waals surface area contributed by atoms with E-state index in [1.54, 1.807) is 36.1 Å². The molecule has 0 saturated carbocycles. The van der Waals surface area contributed by atoms with Gasteiger partial charge in [-0.05, 0) is 37.6 Å². The van der Waals surface area contributed by atoms with Crippen molar-refractivity contribution in [3.8, 4) is 0 Å². The van der Waals surface area contributed by atoms with Gasteiger partial charge in [-0.3, -0.25) is 9.59 Å². The van der Waals surface area contributed by atoms with Gasteiger partial charge in [0.05, 0.1) is 11.3 Å². The summed E-state index contributed by atoms with van der Waals surface area (Å²) in [6, 6.07) is 14.3. The van der Waals surface area contributed by atoms with E-state index in [0.29, 0.717) is 24.2 Å². The number of nitrogens with zero attached hydrogens (tertiary/aromatic N) is 1. The van der Waals surface area contributed by atoms with Crippen molar-refractivity contribution in [1.82, 2.24) is 0 Å². The van der Waals surface area contributed by atoms with Gasteiger partial charge in [0, 0.05) is 30.3 Å². The molecule has 0 aliphatic carbocycles. The predicted octanol–water partition coefficient (Wildman–Crippen LogP) is 2.90. The summed E-state index contributed by atoms with van der Waals surface area (Å²) in [5, 5.41) is 13.2. The molecule has 5 nitrogen and oxygen atoms in total. The lowest BCUT2D eigenvalue weighted by molar-refractivity contribution is -0.114. The lowest BCUT2D eigenvalue weighted by Crippen LogP contribution is -2.42. The van der Waals surface area contributed by atoms with E-state index in [1.807, 2.05) is 24.3 Å². The van der Waals surface area contributed by atoms with Gasteiger partial charge < -0.3 is 15.3 Å². The second kappa shape index (κ2) is 6.09. The number of carbonyl (C=O) groups excluding carboxylic acids is 2. The standard InChI is InChI=1S/C19H20N2O3/c1-13(22)20-15-7-5-6-14(12-15)18(23)21-11-10-19(2,24)16-8-3-4-9-17(16)21/h3-9,12,24H,10-11H2,1-2H3,(H,20,22). The van der Waals surface area contributed by atoms with Crippen molar-refractivity contribution in [2.24, 2.45) is 0 Å². The van der Waals surface area contributed by atoms with Crippen LogP contribution in [0.4, 0.5) is 11.4 Å². The number of nitrogens with one attached hydrogen (secondary N) is 1. The summed E-state index contributed by atoms with van der Waals surface area (Å²) in [7, 11) is 0. The molecule has 1 unspecified atom stereocenters. The normalized spacial score (nSPS) is 19.5. The van der Waals surface area contributed by atoms with Crippen molar-refractivity contribution in [2.45, 2.75) is 25.9 Å².